The lowest BCUT2D eigenvalue weighted by molar-refractivity contribution is -0.120. The summed E-state index contributed by atoms with van der Waals surface area (Å²) in [5.74, 6) is -0.355. The molecule has 4 rings (SSSR count). The molecule has 0 radical (unpaired) electrons. The van der Waals surface area contributed by atoms with Gasteiger partial charge in [0, 0.05) is 36.7 Å². The quantitative estimate of drug-likeness (QED) is 0.718. The number of anilines is 2. The van der Waals surface area contributed by atoms with E-state index in [2.05, 4.69) is 15.3 Å². The van der Waals surface area contributed by atoms with Gasteiger partial charge in [-0.15, -0.1) is 0 Å². The third-order valence-corrected chi connectivity index (χ3v) is 5.00. The van der Waals surface area contributed by atoms with Gasteiger partial charge >= 0.3 is 0 Å². The maximum atomic E-state index is 13.1. The van der Waals surface area contributed by atoms with E-state index >= 15 is 0 Å². The number of nitrogens with zero attached hydrogens (tertiary/aromatic N) is 3. The van der Waals surface area contributed by atoms with Gasteiger partial charge in [-0.2, -0.15) is 0 Å². The monoisotopic (exact) mass is 394 g/mol. The molecule has 1 amide bonds. The van der Waals surface area contributed by atoms with E-state index in [1.165, 1.54) is 24.3 Å². The lowest BCUT2D eigenvalue weighted by atomic mass is 9.97. The Morgan fingerprint density at radius 2 is 1.55 bits per heavy atom. The van der Waals surface area contributed by atoms with Gasteiger partial charge < -0.3 is 10.2 Å². The fourth-order valence-corrected chi connectivity index (χ4v) is 3.43. The van der Waals surface area contributed by atoms with E-state index in [4.69, 9.17) is 0 Å². The molecule has 1 atom stereocenters. The molecular formula is C22H20F2N4O. The standard InChI is InChI=1S/C22H20F2N4O/c23-18-5-3-15(4-6-18)17-12-25-22(26-13-17)28-11-1-2-16(14-28)21(29)27-20-9-7-19(24)8-10-20/h3-10,12-13,16H,1-2,11,14H2,(H,27,29). The normalized spacial score (nSPS) is 16.5. The molecule has 1 fully saturated rings. The van der Waals surface area contributed by atoms with Crippen molar-refractivity contribution in [3.05, 3.63) is 72.6 Å². The number of halogens is 2. The molecule has 7 heteroatoms. The Morgan fingerprint density at radius 3 is 2.21 bits per heavy atom. The zero-order valence-corrected chi connectivity index (χ0v) is 15.7. The highest BCUT2D eigenvalue weighted by Crippen LogP contribution is 2.24. The summed E-state index contributed by atoms with van der Waals surface area (Å²) < 4.78 is 26.1. The second kappa shape index (κ2) is 8.34. The van der Waals surface area contributed by atoms with Crippen LogP contribution in [-0.4, -0.2) is 29.0 Å². The summed E-state index contributed by atoms with van der Waals surface area (Å²) in [7, 11) is 0. The zero-order valence-electron chi connectivity index (χ0n) is 15.7. The third-order valence-electron chi connectivity index (χ3n) is 5.00. The summed E-state index contributed by atoms with van der Waals surface area (Å²) in [5, 5.41) is 2.84. The van der Waals surface area contributed by atoms with Crippen LogP contribution in [0.5, 0.6) is 0 Å². The van der Waals surface area contributed by atoms with Crippen molar-refractivity contribution >= 4 is 17.5 Å². The average Bonchev–Trinajstić information content (AvgIpc) is 2.76. The predicted molar refractivity (Wildman–Crippen MR) is 107 cm³/mol. The smallest absolute Gasteiger partial charge is 0.229 e. The molecule has 1 saturated heterocycles. The van der Waals surface area contributed by atoms with Crippen LogP contribution < -0.4 is 10.2 Å². The maximum Gasteiger partial charge on any atom is 0.229 e. The van der Waals surface area contributed by atoms with Crippen molar-refractivity contribution < 1.29 is 13.6 Å². The predicted octanol–water partition coefficient (Wildman–Crippen LogP) is 4.28. The van der Waals surface area contributed by atoms with E-state index in [9.17, 15) is 13.6 Å². The van der Waals surface area contributed by atoms with E-state index < -0.39 is 0 Å². The van der Waals surface area contributed by atoms with Gasteiger partial charge in [-0.3, -0.25) is 4.79 Å². The van der Waals surface area contributed by atoms with Crippen LogP contribution in [0, 0.1) is 17.6 Å². The van der Waals surface area contributed by atoms with Gasteiger partial charge in [-0.1, -0.05) is 12.1 Å². The molecule has 1 aliphatic heterocycles. The molecule has 2 aromatic carbocycles. The van der Waals surface area contributed by atoms with Crippen molar-refractivity contribution in [2.75, 3.05) is 23.3 Å². The molecule has 148 valence electrons. The molecule has 2 heterocycles. The highest BCUT2D eigenvalue weighted by molar-refractivity contribution is 5.93. The van der Waals surface area contributed by atoms with Gasteiger partial charge in [0.2, 0.25) is 11.9 Å². The van der Waals surface area contributed by atoms with Crippen molar-refractivity contribution in [2.45, 2.75) is 12.8 Å². The fourth-order valence-electron chi connectivity index (χ4n) is 3.43. The Bertz CT molecular complexity index is 975. The number of piperidine rings is 1. The van der Waals surface area contributed by atoms with Gasteiger partial charge in [0.1, 0.15) is 11.6 Å². The number of benzene rings is 2. The number of hydrogen-bond acceptors (Lipinski definition) is 4. The molecule has 5 nitrogen and oxygen atoms in total. The number of carbonyl (C=O) groups excluding carboxylic acids is 1. The van der Waals surface area contributed by atoms with Crippen LogP contribution in [0.2, 0.25) is 0 Å². The fraction of sp³-hybridized carbons (Fsp3) is 0.227. The Hall–Kier alpha value is -3.35. The summed E-state index contributed by atoms with van der Waals surface area (Å²) in [5.41, 5.74) is 2.22. The van der Waals surface area contributed by atoms with Gasteiger partial charge in [0.25, 0.3) is 0 Å². The number of carbonyl (C=O) groups is 1. The van der Waals surface area contributed by atoms with Crippen molar-refractivity contribution in [3.8, 4) is 11.1 Å². The van der Waals surface area contributed by atoms with Crippen LogP contribution in [-0.2, 0) is 4.79 Å². The van der Waals surface area contributed by atoms with Crippen LogP contribution in [0.1, 0.15) is 12.8 Å². The van der Waals surface area contributed by atoms with Crippen LogP contribution in [0.3, 0.4) is 0 Å². The van der Waals surface area contributed by atoms with Crippen LogP contribution in [0.15, 0.2) is 60.9 Å². The molecule has 1 aromatic heterocycles. The highest BCUT2D eigenvalue weighted by atomic mass is 19.1. The number of aromatic nitrogens is 2. The summed E-state index contributed by atoms with van der Waals surface area (Å²) in [6, 6.07) is 11.9. The zero-order chi connectivity index (χ0) is 20.2. The van der Waals surface area contributed by atoms with Gasteiger partial charge in [0.15, 0.2) is 0 Å². The SMILES string of the molecule is O=C(Nc1ccc(F)cc1)C1CCCN(c2ncc(-c3ccc(F)cc3)cn2)C1. The summed E-state index contributed by atoms with van der Waals surface area (Å²) in [6.45, 7) is 1.29. The first kappa shape index (κ1) is 19.0. The second-order valence-electron chi connectivity index (χ2n) is 7.06. The molecule has 0 spiro atoms. The first-order chi connectivity index (χ1) is 14.1. The van der Waals surface area contributed by atoms with E-state index in [1.807, 2.05) is 4.90 Å². The topological polar surface area (TPSA) is 58.1 Å². The molecular weight excluding hydrogens is 374 g/mol. The minimum atomic E-state index is -0.340. The van der Waals surface area contributed by atoms with Crippen molar-refractivity contribution in [1.29, 1.82) is 0 Å². The van der Waals surface area contributed by atoms with Crippen molar-refractivity contribution in [1.82, 2.24) is 9.97 Å². The lowest BCUT2D eigenvalue weighted by Crippen LogP contribution is -2.41. The Labute approximate surface area is 167 Å². The molecule has 29 heavy (non-hydrogen) atoms. The maximum absolute atomic E-state index is 13.1. The summed E-state index contributed by atoms with van der Waals surface area (Å²) in [4.78, 5) is 23.5. The van der Waals surface area contributed by atoms with Crippen molar-refractivity contribution in [3.63, 3.8) is 0 Å². The molecule has 0 bridgehead atoms. The molecule has 3 aromatic rings. The van der Waals surface area contributed by atoms with Crippen LogP contribution in [0.4, 0.5) is 20.4 Å². The molecule has 1 aliphatic rings. The van der Waals surface area contributed by atoms with Gasteiger partial charge in [-0.25, -0.2) is 18.7 Å². The summed E-state index contributed by atoms with van der Waals surface area (Å²) in [6.07, 6.45) is 5.04. The van der Waals surface area contributed by atoms with E-state index in [1.54, 1.807) is 36.7 Å². The van der Waals surface area contributed by atoms with E-state index in [0.717, 1.165) is 30.5 Å². The Kier molecular flexibility index (Phi) is 5.46. The molecule has 1 N–H and O–H groups in total. The van der Waals surface area contributed by atoms with Crippen LogP contribution in [0.25, 0.3) is 11.1 Å². The van der Waals surface area contributed by atoms with Gasteiger partial charge in [-0.05, 0) is 54.8 Å². The van der Waals surface area contributed by atoms with Crippen LogP contribution >= 0.6 is 0 Å². The van der Waals surface area contributed by atoms with E-state index in [-0.39, 0.29) is 23.5 Å². The Balaban J connectivity index is 1.41. The van der Waals surface area contributed by atoms with Crippen molar-refractivity contribution in [2.24, 2.45) is 5.92 Å². The average molecular weight is 394 g/mol. The number of rotatable bonds is 4. The third kappa shape index (κ3) is 4.56. The number of nitrogens with one attached hydrogen (secondary N) is 1. The minimum absolute atomic E-state index is 0.0933. The minimum Gasteiger partial charge on any atom is -0.340 e. The summed E-state index contributed by atoms with van der Waals surface area (Å²) >= 11 is 0. The van der Waals surface area contributed by atoms with Gasteiger partial charge in [0.05, 0.1) is 5.92 Å². The highest BCUT2D eigenvalue weighted by Gasteiger charge is 2.27. The van der Waals surface area contributed by atoms with E-state index in [0.29, 0.717) is 18.2 Å². The second-order valence-corrected chi connectivity index (χ2v) is 7.06. The lowest BCUT2D eigenvalue weighted by Gasteiger charge is -2.32. The Morgan fingerprint density at radius 1 is 0.931 bits per heavy atom. The molecule has 0 saturated carbocycles. The first-order valence-electron chi connectivity index (χ1n) is 9.48. The largest absolute Gasteiger partial charge is 0.340 e. The molecule has 0 aliphatic carbocycles. The first-order valence-corrected chi connectivity index (χ1v) is 9.48. The number of amides is 1. The number of hydrogen-bond donors (Lipinski definition) is 1. The molecule has 1 unspecified atom stereocenters.